The molecule has 1 saturated carbocycles. The van der Waals surface area contributed by atoms with Gasteiger partial charge in [-0.15, -0.1) is 0 Å². The first-order chi connectivity index (χ1) is 11.1. The summed E-state index contributed by atoms with van der Waals surface area (Å²) in [6.45, 7) is 3.75. The minimum atomic E-state index is -0.860. The van der Waals surface area contributed by atoms with Crippen molar-refractivity contribution < 1.29 is 14.3 Å². The number of para-hydroxylation sites is 2. The minimum absolute atomic E-state index is 0.00296. The van der Waals surface area contributed by atoms with E-state index in [1.165, 1.54) is 0 Å². The lowest BCUT2D eigenvalue weighted by molar-refractivity contribution is -0.143. The molecule has 0 bridgehead atoms. The number of nitrogens with one attached hydrogen (secondary N) is 1. The molecule has 2 amide bonds. The highest BCUT2D eigenvalue weighted by Crippen LogP contribution is 2.49. The van der Waals surface area contributed by atoms with Gasteiger partial charge in [0.25, 0.3) is 0 Å². The summed E-state index contributed by atoms with van der Waals surface area (Å²) in [5.41, 5.74) is -0.243. The molecular weight excluding hydrogens is 292 g/mol. The number of anilines is 1. The highest BCUT2D eigenvalue weighted by molar-refractivity contribution is 6.13. The molecule has 0 spiro atoms. The highest BCUT2D eigenvalue weighted by atomic mass is 16.5. The number of likely N-dealkylation sites (tertiary alicyclic amines) is 1. The van der Waals surface area contributed by atoms with E-state index in [0.717, 1.165) is 25.9 Å². The van der Waals surface area contributed by atoms with Crippen molar-refractivity contribution in [3.05, 3.63) is 24.3 Å². The van der Waals surface area contributed by atoms with Gasteiger partial charge in [0.15, 0.2) is 0 Å². The molecule has 2 aliphatic rings. The van der Waals surface area contributed by atoms with Crippen LogP contribution >= 0.6 is 0 Å². The topological polar surface area (TPSA) is 58.6 Å². The van der Waals surface area contributed by atoms with Gasteiger partial charge in [0.05, 0.1) is 12.8 Å². The number of carbonyl (C=O) groups is 2. The molecule has 0 atom stereocenters. The third-order valence-electron chi connectivity index (χ3n) is 5.02. The summed E-state index contributed by atoms with van der Waals surface area (Å²) in [5, 5.41) is 2.88. The van der Waals surface area contributed by atoms with Crippen LogP contribution in [0.2, 0.25) is 0 Å². The molecule has 2 fully saturated rings. The van der Waals surface area contributed by atoms with Crippen LogP contribution in [-0.2, 0) is 9.59 Å². The molecule has 5 nitrogen and oxygen atoms in total. The van der Waals surface area contributed by atoms with Crippen LogP contribution in [0, 0.1) is 11.3 Å². The van der Waals surface area contributed by atoms with Gasteiger partial charge in [0, 0.05) is 13.1 Å². The van der Waals surface area contributed by atoms with E-state index in [2.05, 4.69) is 12.2 Å². The van der Waals surface area contributed by atoms with E-state index in [0.29, 0.717) is 30.2 Å². The maximum atomic E-state index is 12.8. The van der Waals surface area contributed by atoms with Crippen LogP contribution in [0.25, 0.3) is 0 Å². The van der Waals surface area contributed by atoms with Gasteiger partial charge in [-0.05, 0) is 43.7 Å². The van der Waals surface area contributed by atoms with Gasteiger partial charge in [-0.2, -0.15) is 0 Å². The van der Waals surface area contributed by atoms with Crippen LogP contribution in [0.1, 0.15) is 32.6 Å². The third kappa shape index (κ3) is 3.05. The number of ether oxygens (including phenoxy) is 1. The summed E-state index contributed by atoms with van der Waals surface area (Å²) >= 11 is 0. The van der Waals surface area contributed by atoms with Gasteiger partial charge >= 0.3 is 0 Å². The van der Waals surface area contributed by atoms with E-state index in [9.17, 15) is 9.59 Å². The lowest BCUT2D eigenvalue weighted by Crippen LogP contribution is -2.46. The standard InChI is InChI=1S/C18H24N2O3/c1-13-7-11-20(12-8-13)17(22)18(9-10-18)16(21)19-14-5-3-4-6-15(14)23-2/h3-6,13H,7-12H2,1-2H3,(H,19,21). The van der Waals surface area contributed by atoms with Crippen LogP contribution in [0.5, 0.6) is 5.75 Å². The van der Waals surface area contributed by atoms with Gasteiger partial charge in [0.1, 0.15) is 11.2 Å². The minimum Gasteiger partial charge on any atom is -0.495 e. The van der Waals surface area contributed by atoms with Crippen molar-refractivity contribution in [2.24, 2.45) is 11.3 Å². The molecule has 5 heteroatoms. The van der Waals surface area contributed by atoms with Crippen molar-refractivity contribution in [1.29, 1.82) is 0 Å². The smallest absolute Gasteiger partial charge is 0.240 e. The number of carbonyl (C=O) groups excluding carboxylic acids is 2. The van der Waals surface area contributed by atoms with Gasteiger partial charge in [0.2, 0.25) is 11.8 Å². The number of nitrogens with zero attached hydrogens (tertiary/aromatic N) is 1. The summed E-state index contributed by atoms with van der Waals surface area (Å²) in [7, 11) is 1.57. The average molecular weight is 316 g/mol. The molecule has 1 aromatic rings. The first-order valence-corrected chi connectivity index (χ1v) is 8.30. The summed E-state index contributed by atoms with van der Waals surface area (Å²) in [6, 6.07) is 7.27. The van der Waals surface area contributed by atoms with Crippen molar-refractivity contribution in [2.45, 2.75) is 32.6 Å². The normalized spacial score (nSPS) is 20.0. The largest absolute Gasteiger partial charge is 0.495 e. The molecule has 3 rings (SSSR count). The monoisotopic (exact) mass is 316 g/mol. The van der Waals surface area contributed by atoms with Gasteiger partial charge in [-0.1, -0.05) is 19.1 Å². The first kappa shape index (κ1) is 15.8. The van der Waals surface area contributed by atoms with Crippen LogP contribution in [0.15, 0.2) is 24.3 Å². The summed E-state index contributed by atoms with van der Waals surface area (Å²) < 4.78 is 5.26. The number of amides is 2. The van der Waals surface area contributed by atoms with Gasteiger partial charge < -0.3 is 15.0 Å². The summed E-state index contributed by atoms with van der Waals surface area (Å²) in [4.78, 5) is 27.4. The average Bonchev–Trinajstić information content (AvgIpc) is 3.37. The Balaban J connectivity index is 1.70. The van der Waals surface area contributed by atoms with Crippen molar-refractivity contribution >= 4 is 17.5 Å². The van der Waals surface area contributed by atoms with E-state index in [4.69, 9.17) is 4.74 Å². The fourth-order valence-corrected chi connectivity index (χ4v) is 3.17. The van der Waals surface area contributed by atoms with Gasteiger partial charge in [-0.25, -0.2) is 0 Å². The van der Waals surface area contributed by atoms with E-state index in [-0.39, 0.29) is 11.8 Å². The predicted octanol–water partition coefficient (Wildman–Crippen LogP) is 2.67. The summed E-state index contributed by atoms with van der Waals surface area (Å²) in [5.74, 6) is 1.06. The number of methoxy groups -OCH3 is 1. The zero-order chi connectivity index (χ0) is 16.4. The Labute approximate surface area is 137 Å². The quantitative estimate of drug-likeness (QED) is 0.869. The molecule has 1 aliphatic carbocycles. The fourth-order valence-electron chi connectivity index (χ4n) is 3.17. The van der Waals surface area contributed by atoms with Crippen LogP contribution in [0.3, 0.4) is 0 Å². The first-order valence-electron chi connectivity index (χ1n) is 8.30. The Morgan fingerprint density at radius 1 is 1.22 bits per heavy atom. The number of benzene rings is 1. The third-order valence-corrected chi connectivity index (χ3v) is 5.02. The van der Waals surface area contributed by atoms with Crippen molar-refractivity contribution in [3.8, 4) is 5.75 Å². The molecule has 1 heterocycles. The molecule has 0 radical (unpaired) electrons. The van der Waals surface area contributed by atoms with Crippen molar-refractivity contribution in [3.63, 3.8) is 0 Å². The molecule has 0 aromatic heterocycles. The Hall–Kier alpha value is -2.04. The second kappa shape index (κ2) is 6.22. The Bertz CT molecular complexity index is 602. The van der Waals surface area contributed by atoms with Crippen molar-refractivity contribution in [1.82, 2.24) is 4.90 Å². The van der Waals surface area contributed by atoms with E-state index >= 15 is 0 Å². The SMILES string of the molecule is COc1ccccc1NC(=O)C1(C(=O)N2CCC(C)CC2)CC1. The molecule has 0 unspecified atom stereocenters. The van der Waals surface area contributed by atoms with Gasteiger partial charge in [-0.3, -0.25) is 9.59 Å². The summed E-state index contributed by atoms with van der Waals surface area (Å²) in [6.07, 6.45) is 3.32. The predicted molar refractivity (Wildman–Crippen MR) is 88.3 cm³/mol. The number of piperidine rings is 1. The highest BCUT2D eigenvalue weighted by Gasteiger charge is 2.58. The second-order valence-electron chi connectivity index (χ2n) is 6.71. The molecular formula is C18H24N2O3. The number of hydrogen-bond acceptors (Lipinski definition) is 3. The Morgan fingerprint density at radius 3 is 2.48 bits per heavy atom. The van der Waals surface area contributed by atoms with E-state index < -0.39 is 5.41 Å². The van der Waals surface area contributed by atoms with Crippen LogP contribution in [-0.4, -0.2) is 36.9 Å². The number of rotatable bonds is 4. The van der Waals surface area contributed by atoms with E-state index in [1.807, 2.05) is 17.0 Å². The molecule has 1 saturated heterocycles. The maximum Gasteiger partial charge on any atom is 0.240 e. The lowest BCUT2D eigenvalue weighted by Gasteiger charge is -2.32. The lowest BCUT2D eigenvalue weighted by atomic mass is 9.96. The molecule has 1 aromatic carbocycles. The number of hydrogen-bond donors (Lipinski definition) is 1. The van der Waals surface area contributed by atoms with Crippen molar-refractivity contribution in [2.75, 3.05) is 25.5 Å². The van der Waals surface area contributed by atoms with Crippen LogP contribution in [0.4, 0.5) is 5.69 Å². The zero-order valence-electron chi connectivity index (χ0n) is 13.8. The molecule has 124 valence electrons. The maximum absolute atomic E-state index is 12.8. The zero-order valence-corrected chi connectivity index (χ0v) is 13.8. The fraction of sp³-hybridized carbons (Fsp3) is 0.556. The Kier molecular flexibility index (Phi) is 4.28. The van der Waals surface area contributed by atoms with E-state index in [1.54, 1.807) is 19.2 Å². The Morgan fingerprint density at radius 2 is 1.87 bits per heavy atom. The molecule has 1 N–H and O–H groups in total. The van der Waals surface area contributed by atoms with Crippen LogP contribution < -0.4 is 10.1 Å². The molecule has 23 heavy (non-hydrogen) atoms. The molecule has 1 aliphatic heterocycles. The second-order valence-corrected chi connectivity index (χ2v) is 6.71.